The Labute approximate surface area is 89.6 Å². The van der Waals surface area contributed by atoms with Gasteiger partial charge in [0.2, 0.25) is 0 Å². The number of hydrogen-bond donors (Lipinski definition) is 0. The quantitative estimate of drug-likeness (QED) is 0.700. The Morgan fingerprint density at radius 2 is 1.87 bits per heavy atom. The molecule has 2 atom stereocenters. The van der Waals surface area contributed by atoms with E-state index in [2.05, 4.69) is 0 Å². The number of ketones is 1. The molecule has 0 radical (unpaired) electrons. The van der Waals surface area contributed by atoms with Crippen molar-refractivity contribution in [1.29, 1.82) is 0 Å². The molecule has 0 unspecified atom stereocenters. The number of benzene rings is 1. The van der Waals surface area contributed by atoms with Crippen molar-refractivity contribution < 1.29 is 9.53 Å². The van der Waals surface area contributed by atoms with Crippen LogP contribution in [0.2, 0.25) is 0 Å². The van der Waals surface area contributed by atoms with Crippen LogP contribution in [-0.4, -0.2) is 5.78 Å². The SMILES string of the molecule is CC1=CC(=O)[C@H](C)[C@@H](c2ccccc2)O1. The van der Waals surface area contributed by atoms with Gasteiger partial charge in [0.1, 0.15) is 6.10 Å². The van der Waals surface area contributed by atoms with Gasteiger partial charge in [-0.3, -0.25) is 4.79 Å². The average Bonchev–Trinajstić information content (AvgIpc) is 2.24. The van der Waals surface area contributed by atoms with Gasteiger partial charge in [0, 0.05) is 6.08 Å². The van der Waals surface area contributed by atoms with Crippen LogP contribution in [-0.2, 0) is 9.53 Å². The minimum Gasteiger partial charge on any atom is -0.489 e. The Morgan fingerprint density at radius 1 is 1.20 bits per heavy atom. The molecule has 0 N–H and O–H groups in total. The topological polar surface area (TPSA) is 26.3 Å². The second kappa shape index (κ2) is 3.89. The van der Waals surface area contributed by atoms with Gasteiger partial charge in [-0.2, -0.15) is 0 Å². The average molecular weight is 202 g/mol. The molecule has 1 aromatic rings. The summed E-state index contributed by atoms with van der Waals surface area (Å²) in [5, 5.41) is 0. The van der Waals surface area contributed by atoms with Crippen LogP contribution in [0.25, 0.3) is 0 Å². The first-order chi connectivity index (χ1) is 7.18. The highest BCUT2D eigenvalue weighted by Crippen LogP contribution is 2.32. The maximum Gasteiger partial charge on any atom is 0.165 e. The molecule has 0 bridgehead atoms. The molecule has 0 saturated carbocycles. The van der Waals surface area contributed by atoms with Crippen LogP contribution < -0.4 is 0 Å². The summed E-state index contributed by atoms with van der Waals surface area (Å²) in [6.45, 7) is 3.72. The molecular formula is C13H14O2. The normalized spacial score (nSPS) is 25.7. The molecule has 15 heavy (non-hydrogen) atoms. The summed E-state index contributed by atoms with van der Waals surface area (Å²) in [6.07, 6.45) is 1.44. The Morgan fingerprint density at radius 3 is 2.53 bits per heavy atom. The molecule has 0 amide bonds. The summed E-state index contributed by atoms with van der Waals surface area (Å²) in [5.41, 5.74) is 1.06. The maximum absolute atomic E-state index is 11.6. The minimum absolute atomic E-state index is 0.101. The summed E-state index contributed by atoms with van der Waals surface area (Å²) in [4.78, 5) is 11.6. The van der Waals surface area contributed by atoms with Gasteiger partial charge in [-0.1, -0.05) is 37.3 Å². The van der Waals surface area contributed by atoms with Gasteiger partial charge in [-0.15, -0.1) is 0 Å². The van der Waals surface area contributed by atoms with E-state index in [1.165, 1.54) is 0 Å². The van der Waals surface area contributed by atoms with E-state index in [1.54, 1.807) is 6.08 Å². The van der Waals surface area contributed by atoms with Crippen molar-refractivity contribution in [3.8, 4) is 0 Å². The zero-order valence-corrected chi connectivity index (χ0v) is 8.94. The molecule has 1 aliphatic rings. The molecule has 1 aliphatic heterocycles. The fourth-order valence-electron chi connectivity index (χ4n) is 1.82. The molecule has 2 nitrogen and oxygen atoms in total. The predicted octanol–water partition coefficient (Wildman–Crippen LogP) is 2.87. The summed E-state index contributed by atoms with van der Waals surface area (Å²) in [5.74, 6) is 0.746. The number of rotatable bonds is 1. The molecular weight excluding hydrogens is 188 g/mol. The highest BCUT2D eigenvalue weighted by atomic mass is 16.5. The lowest BCUT2D eigenvalue weighted by Crippen LogP contribution is -2.24. The van der Waals surface area contributed by atoms with Crippen molar-refractivity contribution in [2.24, 2.45) is 5.92 Å². The lowest BCUT2D eigenvalue weighted by Gasteiger charge is -2.28. The smallest absolute Gasteiger partial charge is 0.165 e. The van der Waals surface area contributed by atoms with Gasteiger partial charge < -0.3 is 4.74 Å². The highest BCUT2D eigenvalue weighted by Gasteiger charge is 2.29. The van der Waals surface area contributed by atoms with Gasteiger partial charge in [0.15, 0.2) is 5.78 Å². The van der Waals surface area contributed by atoms with E-state index in [0.29, 0.717) is 5.76 Å². The van der Waals surface area contributed by atoms with E-state index in [9.17, 15) is 4.79 Å². The second-order valence-electron chi connectivity index (χ2n) is 3.90. The van der Waals surface area contributed by atoms with E-state index in [4.69, 9.17) is 4.74 Å². The number of ether oxygens (including phenoxy) is 1. The number of allylic oxidation sites excluding steroid dienone is 2. The molecule has 1 aromatic carbocycles. The fourth-order valence-corrected chi connectivity index (χ4v) is 1.82. The molecule has 0 aromatic heterocycles. The molecule has 0 fully saturated rings. The third kappa shape index (κ3) is 1.94. The molecule has 2 heteroatoms. The third-order valence-electron chi connectivity index (χ3n) is 2.69. The lowest BCUT2D eigenvalue weighted by molar-refractivity contribution is -0.124. The third-order valence-corrected chi connectivity index (χ3v) is 2.69. The Balaban J connectivity index is 2.31. The van der Waals surface area contributed by atoms with Crippen LogP contribution in [0.4, 0.5) is 0 Å². The van der Waals surface area contributed by atoms with Gasteiger partial charge in [-0.25, -0.2) is 0 Å². The lowest BCUT2D eigenvalue weighted by atomic mass is 9.91. The van der Waals surface area contributed by atoms with Gasteiger partial charge in [-0.05, 0) is 12.5 Å². The van der Waals surface area contributed by atoms with Crippen molar-refractivity contribution in [3.05, 3.63) is 47.7 Å². The van der Waals surface area contributed by atoms with Gasteiger partial charge in [0.25, 0.3) is 0 Å². The van der Waals surface area contributed by atoms with Gasteiger partial charge in [0.05, 0.1) is 11.7 Å². The number of carbonyl (C=O) groups excluding carboxylic acids is 1. The molecule has 0 saturated heterocycles. The Kier molecular flexibility index (Phi) is 2.58. The summed E-state index contributed by atoms with van der Waals surface area (Å²) in [6, 6.07) is 9.87. The first-order valence-corrected chi connectivity index (χ1v) is 5.12. The largest absolute Gasteiger partial charge is 0.489 e. The summed E-state index contributed by atoms with van der Waals surface area (Å²) in [7, 11) is 0. The summed E-state index contributed by atoms with van der Waals surface area (Å²) >= 11 is 0. The van der Waals surface area contributed by atoms with E-state index in [-0.39, 0.29) is 17.8 Å². The maximum atomic E-state index is 11.6. The molecule has 0 spiro atoms. The van der Waals surface area contributed by atoms with Gasteiger partial charge >= 0.3 is 0 Å². The Hall–Kier alpha value is -1.57. The van der Waals surface area contributed by atoms with Crippen molar-refractivity contribution in [3.63, 3.8) is 0 Å². The highest BCUT2D eigenvalue weighted by molar-refractivity contribution is 5.93. The van der Waals surface area contributed by atoms with Crippen LogP contribution in [0.15, 0.2) is 42.2 Å². The molecule has 1 heterocycles. The van der Waals surface area contributed by atoms with E-state index >= 15 is 0 Å². The van der Waals surface area contributed by atoms with E-state index in [1.807, 2.05) is 44.2 Å². The van der Waals surface area contributed by atoms with Crippen molar-refractivity contribution >= 4 is 5.78 Å². The molecule has 2 rings (SSSR count). The predicted molar refractivity (Wildman–Crippen MR) is 58.2 cm³/mol. The van der Waals surface area contributed by atoms with Crippen LogP contribution >= 0.6 is 0 Å². The van der Waals surface area contributed by atoms with E-state index in [0.717, 1.165) is 5.56 Å². The van der Waals surface area contributed by atoms with Crippen LogP contribution in [0.5, 0.6) is 0 Å². The molecule has 0 aliphatic carbocycles. The van der Waals surface area contributed by atoms with Crippen molar-refractivity contribution in [1.82, 2.24) is 0 Å². The van der Waals surface area contributed by atoms with Crippen LogP contribution in [0.3, 0.4) is 0 Å². The molecule has 78 valence electrons. The minimum atomic E-state index is -0.135. The van der Waals surface area contributed by atoms with Crippen LogP contribution in [0, 0.1) is 5.92 Å². The second-order valence-corrected chi connectivity index (χ2v) is 3.90. The van der Waals surface area contributed by atoms with Crippen LogP contribution in [0.1, 0.15) is 25.5 Å². The van der Waals surface area contributed by atoms with Crippen molar-refractivity contribution in [2.75, 3.05) is 0 Å². The zero-order valence-electron chi connectivity index (χ0n) is 8.94. The Bertz CT molecular complexity index is 392. The first kappa shape index (κ1) is 9.97. The number of carbonyl (C=O) groups is 1. The van der Waals surface area contributed by atoms with Crippen molar-refractivity contribution in [2.45, 2.75) is 20.0 Å². The number of hydrogen-bond acceptors (Lipinski definition) is 2. The fraction of sp³-hybridized carbons (Fsp3) is 0.308. The monoisotopic (exact) mass is 202 g/mol. The standard InChI is InChI=1S/C13H14O2/c1-9-8-12(14)10(2)13(15-9)11-6-4-3-5-7-11/h3-8,10,13H,1-2H3/t10-,13-/m0/s1. The van der Waals surface area contributed by atoms with E-state index < -0.39 is 0 Å². The first-order valence-electron chi connectivity index (χ1n) is 5.12. The summed E-state index contributed by atoms with van der Waals surface area (Å²) < 4.78 is 5.70. The zero-order chi connectivity index (χ0) is 10.8.